The van der Waals surface area contributed by atoms with Crippen molar-refractivity contribution >= 4 is 22.6 Å². The molecule has 0 bridgehead atoms. The van der Waals surface area contributed by atoms with E-state index in [1.807, 2.05) is 47.4 Å². The predicted octanol–water partition coefficient (Wildman–Crippen LogP) is 7.44. The molecular formula is C43H53N3O4. The molecule has 2 aliphatic heterocycles. The molecule has 6 rings (SSSR count). The number of β-amino-alcohol motifs (C(OH)–C–C–N with tert-alkyl or cyclic N) is 1. The molecule has 0 saturated carbocycles. The van der Waals surface area contributed by atoms with Gasteiger partial charge in [-0.3, -0.25) is 19.5 Å². The molecule has 2 fully saturated rings. The number of aliphatic hydroxyl groups excluding tert-OH is 1. The topological polar surface area (TPSA) is 83.0 Å². The van der Waals surface area contributed by atoms with Crippen LogP contribution in [0, 0.1) is 5.92 Å². The molecule has 3 aromatic carbocycles. The first kappa shape index (κ1) is 35.7. The van der Waals surface area contributed by atoms with Gasteiger partial charge in [-0.15, -0.1) is 0 Å². The predicted molar refractivity (Wildman–Crippen MR) is 199 cm³/mol. The van der Waals surface area contributed by atoms with Gasteiger partial charge in [0.15, 0.2) is 5.78 Å². The smallest absolute Gasteiger partial charge is 0.240 e. The second-order valence-electron chi connectivity index (χ2n) is 14.2. The van der Waals surface area contributed by atoms with E-state index in [0.717, 1.165) is 94.5 Å². The van der Waals surface area contributed by atoms with Crippen molar-refractivity contribution in [1.82, 2.24) is 14.8 Å². The highest BCUT2D eigenvalue weighted by molar-refractivity contribution is 5.92. The standard InChI is InChI=1S/C43H53N3O4/c47-36(32-50-41-27-13-24-38-37(41)23-14-28-44-38)31-45-29-9-7-26-40(45)43(49)46-30-10-8-25-39(46)42(48)35(21-11-19-33-15-3-1-4-16-33)22-12-20-34-17-5-2-6-18-34/h1-6,13-18,23-24,27-28,35-36,39-40,47H,7-12,19-22,25-26,29-32H2/t36-,39?,40?/m1/s1. The van der Waals surface area contributed by atoms with Gasteiger partial charge >= 0.3 is 0 Å². The number of carbonyl (C=O) groups is 2. The maximum absolute atomic E-state index is 14.5. The van der Waals surface area contributed by atoms with Crippen molar-refractivity contribution in [2.75, 3.05) is 26.2 Å². The molecule has 0 radical (unpaired) electrons. The van der Waals surface area contributed by atoms with Crippen molar-refractivity contribution in [2.24, 2.45) is 5.92 Å². The molecule has 2 aliphatic rings. The Morgan fingerprint density at radius 2 is 1.42 bits per heavy atom. The van der Waals surface area contributed by atoms with E-state index in [-0.39, 0.29) is 36.3 Å². The Morgan fingerprint density at radius 3 is 2.12 bits per heavy atom. The Hall–Kier alpha value is -4.07. The number of aryl methyl sites for hydroxylation is 2. The number of Topliss-reactive ketones (excluding diaryl/α,β-unsaturated/α-hetero) is 1. The van der Waals surface area contributed by atoms with Crippen LogP contribution in [0.15, 0.2) is 97.2 Å². The third-order valence-corrected chi connectivity index (χ3v) is 10.6. The van der Waals surface area contributed by atoms with Gasteiger partial charge in [0.25, 0.3) is 0 Å². The summed E-state index contributed by atoms with van der Waals surface area (Å²) in [5, 5.41) is 12.0. The zero-order valence-electron chi connectivity index (χ0n) is 29.4. The van der Waals surface area contributed by atoms with Crippen molar-refractivity contribution in [3.8, 4) is 5.75 Å². The van der Waals surface area contributed by atoms with E-state index in [9.17, 15) is 14.7 Å². The SMILES string of the molecule is O=C(C(CCCc1ccccc1)CCCc1ccccc1)C1CCCCN1C(=O)C1CCCCN1C[C@@H](O)COc1cccc2ncccc12. The lowest BCUT2D eigenvalue weighted by Gasteiger charge is -2.43. The van der Waals surface area contributed by atoms with Gasteiger partial charge < -0.3 is 14.7 Å². The zero-order valence-corrected chi connectivity index (χ0v) is 29.4. The average Bonchev–Trinajstić information content (AvgIpc) is 3.17. The second kappa shape index (κ2) is 18.2. The van der Waals surface area contributed by atoms with E-state index in [4.69, 9.17) is 4.74 Å². The first-order chi connectivity index (χ1) is 24.6. The molecule has 0 spiro atoms. The van der Waals surface area contributed by atoms with Gasteiger partial charge in [-0.25, -0.2) is 0 Å². The molecule has 4 aromatic rings. The number of benzene rings is 3. The summed E-state index contributed by atoms with van der Waals surface area (Å²) in [4.78, 5) is 37.4. The molecule has 1 aromatic heterocycles. The largest absolute Gasteiger partial charge is 0.490 e. The summed E-state index contributed by atoms with van der Waals surface area (Å²) >= 11 is 0. The zero-order chi connectivity index (χ0) is 34.5. The molecule has 3 heterocycles. The number of carbonyl (C=O) groups excluding carboxylic acids is 2. The van der Waals surface area contributed by atoms with Crippen LogP contribution in [0.4, 0.5) is 0 Å². The number of aromatic nitrogens is 1. The van der Waals surface area contributed by atoms with E-state index >= 15 is 0 Å². The van der Waals surface area contributed by atoms with Crippen LogP contribution in [-0.2, 0) is 22.4 Å². The fourth-order valence-electron chi connectivity index (χ4n) is 7.98. The van der Waals surface area contributed by atoms with Crippen molar-refractivity contribution in [1.29, 1.82) is 0 Å². The third kappa shape index (κ3) is 9.58. The number of hydrogen-bond donors (Lipinski definition) is 1. The molecule has 7 nitrogen and oxygen atoms in total. The number of fused-ring (bicyclic) bond motifs is 1. The van der Waals surface area contributed by atoms with Crippen LogP contribution in [-0.4, -0.2) is 76.0 Å². The molecule has 7 heteroatoms. The van der Waals surface area contributed by atoms with Gasteiger partial charge in [-0.2, -0.15) is 0 Å². The Balaban J connectivity index is 1.10. The monoisotopic (exact) mass is 675 g/mol. The number of pyridine rings is 1. The lowest BCUT2D eigenvalue weighted by atomic mass is 9.83. The van der Waals surface area contributed by atoms with Gasteiger partial charge in [0.05, 0.1) is 17.6 Å². The Bertz CT molecular complexity index is 1600. The van der Waals surface area contributed by atoms with E-state index in [2.05, 4.69) is 58.4 Å². The number of ether oxygens (including phenoxy) is 1. The summed E-state index contributed by atoms with van der Waals surface area (Å²) in [6, 6.07) is 29.9. The Morgan fingerprint density at radius 1 is 0.760 bits per heavy atom. The van der Waals surface area contributed by atoms with Crippen molar-refractivity contribution in [2.45, 2.75) is 95.2 Å². The van der Waals surface area contributed by atoms with E-state index in [1.165, 1.54) is 11.1 Å². The van der Waals surface area contributed by atoms with Crippen LogP contribution < -0.4 is 4.74 Å². The minimum absolute atomic E-state index is 0.0586. The molecular weight excluding hydrogens is 622 g/mol. The van der Waals surface area contributed by atoms with Gasteiger partial charge in [0.2, 0.25) is 5.91 Å². The summed E-state index contributed by atoms with van der Waals surface area (Å²) in [5.74, 6) is 0.937. The molecule has 50 heavy (non-hydrogen) atoms. The molecule has 2 saturated heterocycles. The fourth-order valence-corrected chi connectivity index (χ4v) is 7.98. The summed E-state index contributed by atoms with van der Waals surface area (Å²) in [6.45, 7) is 1.86. The number of nitrogens with zero attached hydrogens (tertiary/aromatic N) is 3. The van der Waals surface area contributed by atoms with E-state index in [1.54, 1.807) is 6.20 Å². The highest BCUT2D eigenvalue weighted by atomic mass is 16.5. The van der Waals surface area contributed by atoms with Gasteiger partial charge in [-0.1, -0.05) is 73.2 Å². The number of piperidine rings is 2. The number of rotatable bonds is 16. The summed E-state index contributed by atoms with van der Waals surface area (Å²) in [6.07, 6.45) is 11.8. The summed E-state index contributed by atoms with van der Waals surface area (Å²) in [5.41, 5.74) is 3.45. The lowest BCUT2D eigenvalue weighted by Crippen LogP contribution is -2.58. The summed E-state index contributed by atoms with van der Waals surface area (Å²) in [7, 11) is 0. The minimum atomic E-state index is -0.757. The van der Waals surface area contributed by atoms with Gasteiger partial charge in [0.1, 0.15) is 18.5 Å². The highest BCUT2D eigenvalue weighted by Gasteiger charge is 2.40. The van der Waals surface area contributed by atoms with Crippen molar-refractivity contribution in [3.05, 3.63) is 108 Å². The lowest BCUT2D eigenvalue weighted by molar-refractivity contribution is -0.148. The number of aliphatic hydroxyl groups is 1. The molecule has 3 atom stereocenters. The first-order valence-electron chi connectivity index (χ1n) is 18.9. The normalized spacial score (nSPS) is 19.0. The highest BCUT2D eigenvalue weighted by Crippen LogP contribution is 2.30. The second-order valence-corrected chi connectivity index (χ2v) is 14.2. The molecule has 2 unspecified atom stereocenters. The van der Waals surface area contributed by atoms with Gasteiger partial charge in [-0.05, 0) is 113 Å². The molecule has 1 amide bonds. The van der Waals surface area contributed by atoms with Crippen LogP contribution in [0.3, 0.4) is 0 Å². The average molecular weight is 676 g/mol. The Labute approximate surface area is 297 Å². The number of amides is 1. The number of likely N-dealkylation sites (tertiary alicyclic amines) is 2. The summed E-state index contributed by atoms with van der Waals surface area (Å²) < 4.78 is 6.07. The molecule has 1 N–H and O–H groups in total. The molecule has 0 aliphatic carbocycles. The first-order valence-corrected chi connectivity index (χ1v) is 18.9. The number of hydrogen-bond acceptors (Lipinski definition) is 6. The quantitative estimate of drug-likeness (QED) is 0.133. The minimum Gasteiger partial charge on any atom is -0.490 e. The fraction of sp³-hybridized carbons (Fsp3) is 0.465. The van der Waals surface area contributed by atoms with E-state index < -0.39 is 6.10 Å². The van der Waals surface area contributed by atoms with Crippen LogP contribution in [0.25, 0.3) is 10.9 Å². The maximum atomic E-state index is 14.5. The third-order valence-electron chi connectivity index (χ3n) is 10.6. The molecule has 264 valence electrons. The number of ketones is 1. The van der Waals surface area contributed by atoms with Crippen molar-refractivity contribution in [3.63, 3.8) is 0 Å². The van der Waals surface area contributed by atoms with Crippen molar-refractivity contribution < 1.29 is 19.4 Å². The maximum Gasteiger partial charge on any atom is 0.240 e. The van der Waals surface area contributed by atoms with Crippen LogP contribution in [0.5, 0.6) is 5.75 Å². The van der Waals surface area contributed by atoms with Crippen LogP contribution in [0.1, 0.15) is 75.3 Å². The van der Waals surface area contributed by atoms with Gasteiger partial charge in [0, 0.05) is 30.6 Å². The van der Waals surface area contributed by atoms with Crippen LogP contribution in [0.2, 0.25) is 0 Å². The Kier molecular flexibility index (Phi) is 13.0. The van der Waals surface area contributed by atoms with Crippen LogP contribution >= 0.6 is 0 Å². The van der Waals surface area contributed by atoms with E-state index in [0.29, 0.717) is 18.8 Å².